The molecule has 0 saturated carbocycles. The Morgan fingerprint density at radius 3 is 2.38 bits per heavy atom. The molecular weight excluding hydrogens is 218 g/mol. The van der Waals surface area contributed by atoms with Gasteiger partial charge in [-0.05, 0) is 20.8 Å². The van der Waals surface area contributed by atoms with Gasteiger partial charge in [-0.2, -0.15) is 0 Å². The number of rotatable bonds is 1. The van der Waals surface area contributed by atoms with Crippen LogP contribution in [0.25, 0.3) is 0 Å². The molecule has 0 bridgehead atoms. The summed E-state index contributed by atoms with van der Waals surface area (Å²) in [5.41, 5.74) is 4.92. The lowest BCUT2D eigenvalue weighted by Gasteiger charge is -2.24. The molecule has 0 aromatic carbocycles. The van der Waals surface area contributed by atoms with Gasteiger partial charge in [-0.3, -0.25) is 0 Å². The highest BCUT2D eigenvalue weighted by atomic mass is 19.3. The summed E-state index contributed by atoms with van der Waals surface area (Å²) < 4.78 is 30.1. The molecule has 1 amide bonds. The Labute approximate surface area is 93.7 Å². The van der Waals surface area contributed by atoms with E-state index >= 15 is 0 Å². The van der Waals surface area contributed by atoms with Gasteiger partial charge in [-0.15, -0.1) is 0 Å². The summed E-state index contributed by atoms with van der Waals surface area (Å²) in [6, 6.07) is -0.674. The molecule has 1 aliphatic heterocycles. The molecule has 0 radical (unpaired) electrons. The van der Waals surface area contributed by atoms with Crippen LogP contribution in [0.15, 0.2) is 0 Å². The topological polar surface area (TPSA) is 55.6 Å². The summed E-state index contributed by atoms with van der Waals surface area (Å²) in [5, 5.41) is 0. The highest BCUT2D eigenvalue weighted by molar-refractivity contribution is 5.68. The van der Waals surface area contributed by atoms with E-state index in [0.717, 1.165) is 0 Å². The van der Waals surface area contributed by atoms with Gasteiger partial charge in [0.25, 0.3) is 0 Å². The SMILES string of the molecule is CC(C)(C)OC(=O)N1CC(N)C(C(F)F)C1. The van der Waals surface area contributed by atoms with E-state index in [1.807, 2.05) is 0 Å². The molecule has 2 N–H and O–H groups in total. The van der Waals surface area contributed by atoms with Crippen LogP contribution in [0.1, 0.15) is 20.8 Å². The zero-order chi connectivity index (χ0) is 12.5. The third-order valence-corrected chi connectivity index (χ3v) is 2.39. The highest BCUT2D eigenvalue weighted by Crippen LogP contribution is 2.23. The van der Waals surface area contributed by atoms with Crippen LogP contribution >= 0.6 is 0 Å². The molecule has 0 aromatic heterocycles. The lowest BCUT2D eigenvalue weighted by molar-refractivity contribution is 0.0254. The molecule has 4 nitrogen and oxygen atoms in total. The van der Waals surface area contributed by atoms with Gasteiger partial charge < -0.3 is 15.4 Å². The number of likely N-dealkylation sites (tertiary alicyclic amines) is 1. The smallest absolute Gasteiger partial charge is 0.410 e. The molecular formula is C10H18F2N2O2. The summed E-state index contributed by atoms with van der Waals surface area (Å²) in [6.45, 7) is 5.28. The van der Waals surface area contributed by atoms with E-state index < -0.39 is 30.1 Å². The van der Waals surface area contributed by atoms with E-state index in [4.69, 9.17) is 10.5 Å². The average Bonchev–Trinajstić information content (AvgIpc) is 2.44. The van der Waals surface area contributed by atoms with Crippen molar-refractivity contribution in [2.24, 2.45) is 11.7 Å². The van der Waals surface area contributed by atoms with Crippen LogP contribution in [0.3, 0.4) is 0 Å². The highest BCUT2D eigenvalue weighted by Gasteiger charge is 2.39. The van der Waals surface area contributed by atoms with Crippen LogP contribution in [-0.4, -0.2) is 42.2 Å². The van der Waals surface area contributed by atoms with Gasteiger partial charge in [0.1, 0.15) is 5.60 Å². The van der Waals surface area contributed by atoms with Crippen LogP contribution in [0.5, 0.6) is 0 Å². The molecule has 2 atom stereocenters. The van der Waals surface area contributed by atoms with Crippen molar-refractivity contribution in [2.75, 3.05) is 13.1 Å². The molecule has 0 aliphatic carbocycles. The minimum atomic E-state index is -2.50. The molecule has 0 spiro atoms. The average molecular weight is 236 g/mol. The minimum absolute atomic E-state index is 0.0340. The van der Waals surface area contributed by atoms with Gasteiger partial charge in [0, 0.05) is 19.1 Å². The van der Waals surface area contributed by atoms with E-state index in [0.29, 0.717) is 0 Å². The second-order valence-corrected chi connectivity index (χ2v) is 5.05. The Morgan fingerprint density at radius 1 is 1.44 bits per heavy atom. The number of nitrogens with zero attached hydrogens (tertiary/aromatic N) is 1. The van der Waals surface area contributed by atoms with Crippen molar-refractivity contribution in [3.63, 3.8) is 0 Å². The first kappa shape index (κ1) is 13.2. The molecule has 6 heteroatoms. The van der Waals surface area contributed by atoms with E-state index in [9.17, 15) is 13.6 Å². The van der Waals surface area contributed by atoms with E-state index in [1.165, 1.54) is 4.90 Å². The Kier molecular flexibility index (Phi) is 3.72. The third kappa shape index (κ3) is 3.30. The predicted molar refractivity (Wildman–Crippen MR) is 55.3 cm³/mol. The van der Waals surface area contributed by atoms with Gasteiger partial charge in [-0.25, -0.2) is 13.6 Å². The standard InChI is InChI=1S/C10H18F2N2O2/c1-10(2,3)16-9(15)14-4-6(8(11)12)7(13)5-14/h6-8H,4-5,13H2,1-3H3. The van der Waals surface area contributed by atoms with Crippen LogP contribution in [0.4, 0.5) is 13.6 Å². The lowest BCUT2D eigenvalue weighted by atomic mass is 10.1. The lowest BCUT2D eigenvalue weighted by Crippen LogP contribution is -2.36. The normalized spacial score (nSPS) is 26.3. The maximum absolute atomic E-state index is 12.5. The van der Waals surface area contributed by atoms with Crippen LogP contribution in [-0.2, 0) is 4.74 Å². The van der Waals surface area contributed by atoms with Crippen molar-refractivity contribution in [3.8, 4) is 0 Å². The number of carbonyl (C=O) groups excluding carboxylic acids is 1. The first-order valence-electron chi connectivity index (χ1n) is 5.22. The summed E-state index contributed by atoms with van der Waals surface area (Å²) in [4.78, 5) is 12.8. The molecule has 1 saturated heterocycles. The van der Waals surface area contributed by atoms with Crippen molar-refractivity contribution in [3.05, 3.63) is 0 Å². The van der Waals surface area contributed by atoms with Crippen molar-refractivity contribution >= 4 is 6.09 Å². The Hall–Kier alpha value is -0.910. The summed E-state index contributed by atoms with van der Waals surface area (Å²) >= 11 is 0. The molecule has 16 heavy (non-hydrogen) atoms. The summed E-state index contributed by atoms with van der Waals surface area (Å²) in [5.74, 6) is -0.951. The quantitative estimate of drug-likeness (QED) is 0.749. The monoisotopic (exact) mass is 236 g/mol. The zero-order valence-corrected chi connectivity index (χ0v) is 9.74. The molecule has 1 fully saturated rings. The number of nitrogens with two attached hydrogens (primary N) is 1. The molecule has 1 rings (SSSR count). The van der Waals surface area contributed by atoms with Gasteiger partial charge in [0.05, 0.1) is 5.92 Å². The van der Waals surface area contributed by atoms with E-state index in [-0.39, 0.29) is 13.1 Å². The molecule has 0 aromatic rings. The van der Waals surface area contributed by atoms with Crippen LogP contribution in [0.2, 0.25) is 0 Å². The number of alkyl halides is 2. The van der Waals surface area contributed by atoms with Crippen molar-refractivity contribution in [1.29, 1.82) is 0 Å². The summed E-state index contributed by atoms with van der Waals surface area (Å²) in [6.07, 6.45) is -3.08. The number of hydrogen-bond acceptors (Lipinski definition) is 3. The fourth-order valence-corrected chi connectivity index (χ4v) is 1.60. The molecule has 2 unspecified atom stereocenters. The van der Waals surface area contributed by atoms with Gasteiger partial charge >= 0.3 is 6.09 Å². The Bertz CT molecular complexity index is 266. The minimum Gasteiger partial charge on any atom is -0.444 e. The number of carbonyl (C=O) groups is 1. The van der Waals surface area contributed by atoms with Crippen molar-refractivity contribution in [2.45, 2.75) is 38.8 Å². The van der Waals surface area contributed by atoms with Gasteiger partial charge in [0.2, 0.25) is 6.43 Å². The van der Waals surface area contributed by atoms with Crippen molar-refractivity contribution < 1.29 is 18.3 Å². The fraction of sp³-hybridized carbons (Fsp3) is 0.900. The van der Waals surface area contributed by atoms with E-state index in [2.05, 4.69) is 0 Å². The molecule has 1 aliphatic rings. The van der Waals surface area contributed by atoms with Crippen LogP contribution < -0.4 is 5.73 Å². The zero-order valence-electron chi connectivity index (χ0n) is 9.74. The largest absolute Gasteiger partial charge is 0.444 e. The Morgan fingerprint density at radius 2 is 2.00 bits per heavy atom. The summed E-state index contributed by atoms with van der Waals surface area (Å²) in [7, 11) is 0. The number of amides is 1. The number of ether oxygens (including phenoxy) is 1. The number of halogens is 2. The molecule has 1 heterocycles. The molecule has 94 valence electrons. The second-order valence-electron chi connectivity index (χ2n) is 5.05. The predicted octanol–water partition coefficient (Wildman–Crippen LogP) is 1.45. The maximum atomic E-state index is 12.5. The fourth-order valence-electron chi connectivity index (χ4n) is 1.60. The Balaban J connectivity index is 2.55. The van der Waals surface area contributed by atoms with E-state index in [1.54, 1.807) is 20.8 Å². The van der Waals surface area contributed by atoms with Crippen LogP contribution in [0, 0.1) is 5.92 Å². The number of hydrogen-bond donors (Lipinski definition) is 1. The first-order chi connectivity index (χ1) is 7.20. The third-order valence-electron chi connectivity index (χ3n) is 2.39. The first-order valence-corrected chi connectivity index (χ1v) is 5.22. The van der Waals surface area contributed by atoms with Gasteiger partial charge in [0.15, 0.2) is 0 Å². The second kappa shape index (κ2) is 4.53. The van der Waals surface area contributed by atoms with Gasteiger partial charge in [-0.1, -0.05) is 0 Å². The maximum Gasteiger partial charge on any atom is 0.410 e. The van der Waals surface area contributed by atoms with Crippen molar-refractivity contribution in [1.82, 2.24) is 4.90 Å².